The number of nitrogens with zero attached hydrogens (tertiary/aromatic N) is 1. The van der Waals surface area contributed by atoms with Crippen LogP contribution in [0.1, 0.15) is 33.3 Å². The molecule has 0 fully saturated rings. The number of carbonyl (C=O) groups is 1. The fraction of sp³-hybridized carbons (Fsp3) is 0.292. The van der Waals surface area contributed by atoms with Crippen molar-refractivity contribution in [2.75, 3.05) is 26.2 Å². The Balaban J connectivity index is 1.30. The molecule has 1 N–H and O–H groups in total. The molecule has 1 amide bonds. The number of rotatable bonds is 4. The summed E-state index contributed by atoms with van der Waals surface area (Å²) in [5.74, 6) is 0.281. The summed E-state index contributed by atoms with van der Waals surface area (Å²) in [6.45, 7) is 3.15. The molecule has 2 aliphatic heterocycles. The van der Waals surface area contributed by atoms with Crippen molar-refractivity contribution >= 4 is 34.2 Å². The minimum absolute atomic E-state index is 0.281. The lowest BCUT2D eigenvalue weighted by molar-refractivity contribution is -0.919. The Labute approximate surface area is 179 Å². The number of fused-ring (bicyclic) bond motifs is 1. The monoisotopic (exact) mass is 421 g/mol. The molecule has 5 rings (SSSR count). The van der Waals surface area contributed by atoms with E-state index in [9.17, 15) is 4.79 Å². The molecule has 0 spiro atoms. The molecule has 0 bridgehead atoms. The third-order valence-corrected chi connectivity index (χ3v) is 8.02. The SMILES string of the molecule is O=C(C[NH+]1CCc2sccc2[C@H]1c1cccs1)N1CC=C(c2ccccc2)CC1. The lowest BCUT2D eigenvalue weighted by Gasteiger charge is -2.34. The van der Waals surface area contributed by atoms with Gasteiger partial charge in [0.15, 0.2) is 6.54 Å². The molecular formula is C24H25N2OS2+. The maximum Gasteiger partial charge on any atom is 0.278 e. The van der Waals surface area contributed by atoms with Crippen LogP contribution in [0.25, 0.3) is 5.57 Å². The molecular weight excluding hydrogens is 396 g/mol. The smallest absolute Gasteiger partial charge is 0.278 e. The van der Waals surface area contributed by atoms with E-state index in [2.05, 4.69) is 59.3 Å². The predicted molar refractivity (Wildman–Crippen MR) is 120 cm³/mol. The van der Waals surface area contributed by atoms with Crippen LogP contribution < -0.4 is 4.90 Å². The number of hydrogen-bond acceptors (Lipinski definition) is 3. The molecule has 1 aromatic carbocycles. The highest BCUT2D eigenvalue weighted by atomic mass is 32.1. The Morgan fingerprint density at radius 3 is 2.69 bits per heavy atom. The molecule has 3 nitrogen and oxygen atoms in total. The van der Waals surface area contributed by atoms with Crippen LogP contribution in [0.4, 0.5) is 0 Å². The maximum atomic E-state index is 13.2. The van der Waals surface area contributed by atoms with Gasteiger partial charge in [0.05, 0.1) is 11.4 Å². The van der Waals surface area contributed by atoms with E-state index in [-0.39, 0.29) is 5.91 Å². The van der Waals surface area contributed by atoms with Crippen molar-refractivity contribution in [1.82, 2.24) is 4.90 Å². The van der Waals surface area contributed by atoms with Gasteiger partial charge in [-0.15, -0.1) is 22.7 Å². The maximum absolute atomic E-state index is 13.2. The Kier molecular flexibility index (Phi) is 5.36. The van der Waals surface area contributed by atoms with E-state index in [1.165, 1.54) is 31.4 Å². The second-order valence-electron chi connectivity index (χ2n) is 7.77. The van der Waals surface area contributed by atoms with Crippen molar-refractivity contribution in [2.24, 2.45) is 0 Å². The summed E-state index contributed by atoms with van der Waals surface area (Å²) in [5, 5.41) is 4.35. The molecule has 5 heteroatoms. The van der Waals surface area contributed by atoms with Gasteiger partial charge in [-0.3, -0.25) is 4.79 Å². The van der Waals surface area contributed by atoms with Crippen molar-refractivity contribution in [2.45, 2.75) is 18.9 Å². The topological polar surface area (TPSA) is 24.8 Å². The van der Waals surface area contributed by atoms with Crippen molar-refractivity contribution in [3.8, 4) is 0 Å². The molecule has 148 valence electrons. The van der Waals surface area contributed by atoms with Crippen molar-refractivity contribution in [1.29, 1.82) is 0 Å². The van der Waals surface area contributed by atoms with Crippen LogP contribution in [0, 0.1) is 0 Å². The summed E-state index contributed by atoms with van der Waals surface area (Å²) in [4.78, 5) is 19.4. The first-order valence-corrected chi connectivity index (χ1v) is 12.0. The number of nitrogens with one attached hydrogen (secondary N) is 1. The van der Waals surface area contributed by atoms with Gasteiger partial charge >= 0.3 is 0 Å². The highest BCUT2D eigenvalue weighted by Gasteiger charge is 2.36. The Bertz CT molecular complexity index is 1010. The van der Waals surface area contributed by atoms with Gasteiger partial charge in [0.2, 0.25) is 0 Å². The standard InChI is InChI=1S/C24H24N2OS2/c27-23(25-12-8-19(9-13-25)18-5-2-1-3-6-18)17-26-14-10-21-20(11-16-29-21)24(26)22-7-4-15-28-22/h1-8,11,15-16,24H,9-10,12-14,17H2/p+1/t24-/m0/s1. The number of thiophene rings is 2. The molecule has 0 radical (unpaired) electrons. The minimum atomic E-state index is 0.281. The van der Waals surface area contributed by atoms with Gasteiger partial charge < -0.3 is 9.80 Å². The second kappa shape index (κ2) is 8.27. The zero-order valence-corrected chi connectivity index (χ0v) is 18.0. The van der Waals surface area contributed by atoms with Gasteiger partial charge in [-0.25, -0.2) is 0 Å². The molecule has 4 heterocycles. The lowest BCUT2D eigenvalue weighted by atomic mass is 9.98. The quantitative estimate of drug-likeness (QED) is 0.683. The Morgan fingerprint density at radius 1 is 1.03 bits per heavy atom. The lowest BCUT2D eigenvalue weighted by Crippen LogP contribution is -3.14. The molecule has 3 aromatic rings. The van der Waals surface area contributed by atoms with Gasteiger partial charge in [-0.05, 0) is 40.5 Å². The summed E-state index contributed by atoms with van der Waals surface area (Å²) in [6, 6.07) is 17.4. The van der Waals surface area contributed by atoms with E-state index >= 15 is 0 Å². The molecule has 0 saturated carbocycles. The van der Waals surface area contributed by atoms with Crippen molar-refractivity contribution in [3.05, 3.63) is 86.2 Å². The van der Waals surface area contributed by atoms with Crippen LogP contribution in [0.5, 0.6) is 0 Å². The highest BCUT2D eigenvalue weighted by Crippen LogP contribution is 2.31. The van der Waals surface area contributed by atoms with E-state index in [4.69, 9.17) is 0 Å². The van der Waals surface area contributed by atoms with Gasteiger partial charge in [-0.2, -0.15) is 0 Å². The van der Waals surface area contributed by atoms with Crippen LogP contribution in [-0.2, 0) is 11.2 Å². The third-order valence-electron chi connectivity index (χ3n) is 6.08. The summed E-state index contributed by atoms with van der Waals surface area (Å²) >= 11 is 3.67. The Morgan fingerprint density at radius 2 is 1.93 bits per heavy atom. The molecule has 2 aliphatic rings. The average molecular weight is 422 g/mol. The van der Waals surface area contributed by atoms with Crippen LogP contribution in [0.3, 0.4) is 0 Å². The fourth-order valence-corrected chi connectivity index (χ4v) is 6.39. The summed E-state index contributed by atoms with van der Waals surface area (Å²) < 4.78 is 0. The van der Waals surface area contributed by atoms with Crippen molar-refractivity contribution < 1.29 is 9.69 Å². The summed E-state index contributed by atoms with van der Waals surface area (Å²) in [6.07, 6.45) is 4.25. The van der Waals surface area contributed by atoms with Gasteiger partial charge in [0.1, 0.15) is 6.04 Å². The van der Waals surface area contributed by atoms with Crippen LogP contribution in [0.15, 0.2) is 65.4 Å². The van der Waals surface area contributed by atoms with E-state index < -0.39 is 0 Å². The van der Waals surface area contributed by atoms with Crippen LogP contribution in [-0.4, -0.2) is 37.0 Å². The van der Waals surface area contributed by atoms with Crippen molar-refractivity contribution in [3.63, 3.8) is 0 Å². The number of benzene rings is 1. The van der Waals surface area contributed by atoms with E-state index in [1.54, 1.807) is 0 Å². The largest absolute Gasteiger partial charge is 0.334 e. The Hall–Kier alpha value is -2.21. The summed E-state index contributed by atoms with van der Waals surface area (Å²) in [7, 11) is 0. The number of hydrogen-bond donors (Lipinski definition) is 1. The normalized spacial score (nSPS) is 21.5. The molecule has 29 heavy (non-hydrogen) atoms. The van der Waals surface area contributed by atoms with Gasteiger partial charge in [-0.1, -0.05) is 42.5 Å². The number of carbonyl (C=O) groups excluding carboxylic acids is 1. The number of quaternary nitrogens is 1. The van der Waals surface area contributed by atoms with Crippen LogP contribution in [0.2, 0.25) is 0 Å². The number of amides is 1. The van der Waals surface area contributed by atoms with E-state index in [0.717, 1.165) is 32.5 Å². The summed E-state index contributed by atoms with van der Waals surface area (Å²) in [5.41, 5.74) is 4.07. The fourth-order valence-electron chi connectivity index (χ4n) is 4.57. The molecule has 2 atom stereocenters. The average Bonchev–Trinajstić information content (AvgIpc) is 3.46. The molecule has 1 unspecified atom stereocenters. The van der Waals surface area contributed by atoms with Gasteiger partial charge in [0.25, 0.3) is 5.91 Å². The highest BCUT2D eigenvalue weighted by molar-refractivity contribution is 7.10. The van der Waals surface area contributed by atoms with Gasteiger partial charge in [0, 0.05) is 30.0 Å². The molecule has 0 saturated heterocycles. The van der Waals surface area contributed by atoms with E-state index in [1.807, 2.05) is 33.6 Å². The predicted octanol–water partition coefficient (Wildman–Crippen LogP) is 3.66. The first-order chi connectivity index (χ1) is 14.3. The minimum Gasteiger partial charge on any atom is -0.334 e. The third kappa shape index (κ3) is 3.82. The second-order valence-corrected chi connectivity index (χ2v) is 9.75. The van der Waals surface area contributed by atoms with E-state index in [0.29, 0.717) is 12.6 Å². The first-order valence-electron chi connectivity index (χ1n) is 10.3. The molecule has 0 aliphatic carbocycles. The zero-order chi connectivity index (χ0) is 19.6. The molecule has 2 aromatic heterocycles. The zero-order valence-electron chi connectivity index (χ0n) is 16.3. The van der Waals surface area contributed by atoms with Crippen LogP contribution >= 0.6 is 22.7 Å². The first kappa shape index (κ1) is 18.8.